The molecule has 0 radical (unpaired) electrons. The summed E-state index contributed by atoms with van der Waals surface area (Å²) >= 11 is 1.95. The maximum Gasteiger partial charge on any atom is 0.0111 e. The van der Waals surface area contributed by atoms with Crippen molar-refractivity contribution in [3.05, 3.63) is 12.7 Å². The highest BCUT2D eigenvalue weighted by Crippen LogP contribution is 2.07. The molecule has 16 heavy (non-hydrogen) atoms. The quantitative estimate of drug-likeness (QED) is 0.406. The average molecular weight is 243 g/mol. The first-order chi connectivity index (χ1) is 7.81. The van der Waals surface area contributed by atoms with Crippen LogP contribution in [0.3, 0.4) is 0 Å². The lowest BCUT2D eigenvalue weighted by Crippen LogP contribution is -2.28. The van der Waals surface area contributed by atoms with Gasteiger partial charge in [-0.3, -0.25) is 0 Å². The van der Waals surface area contributed by atoms with Gasteiger partial charge in [0.05, 0.1) is 0 Å². The van der Waals surface area contributed by atoms with E-state index in [0.29, 0.717) is 6.04 Å². The van der Waals surface area contributed by atoms with E-state index >= 15 is 0 Å². The van der Waals surface area contributed by atoms with Gasteiger partial charge in [-0.05, 0) is 13.3 Å². The van der Waals surface area contributed by atoms with E-state index in [0.717, 1.165) is 12.3 Å². The first kappa shape index (κ1) is 16.1. The van der Waals surface area contributed by atoms with Crippen LogP contribution < -0.4 is 5.32 Å². The van der Waals surface area contributed by atoms with Crippen LogP contribution in [0.4, 0.5) is 0 Å². The molecule has 0 spiro atoms. The minimum Gasteiger partial charge on any atom is -0.313 e. The molecule has 0 heterocycles. The Bertz CT molecular complexity index is 148. The van der Waals surface area contributed by atoms with E-state index in [9.17, 15) is 0 Å². The van der Waals surface area contributed by atoms with E-state index in [1.54, 1.807) is 0 Å². The second-order valence-corrected chi connectivity index (χ2v) is 5.57. The van der Waals surface area contributed by atoms with Gasteiger partial charge in [0.1, 0.15) is 0 Å². The summed E-state index contributed by atoms with van der Waals surface area (Å²) < 4.78 is 0. The van der Waals surface area contributed by atoms with Gasteiger partial charge in [0.25, 0.3) is 0 Å². The van der Waals surface area contributed by atoms with Crippen molar-refractivity contribution in [2.24, 2.45) is 0 Å². The van der Waals surface area contributed by atoms with Crippen LogP contribution in [0, 0.1) is 0 Å². The van der Waals surface area contributed by atoms with Crippen LogP contribution in [0.1, 0.15) is 52.4 Å². The molecule has 0 bridgehead atoms. The van der Waals surface area contributed by atoms with E-state index in [1.165, 1.54) is 44.3 Å². The van der Waals surface area contributed by atoms with Crippen LogP contribution in [0.25, 0.3) is 0 Å². The van der Waals surface area contributed by atoms with Crippen molar-refractivity contribution in [1.82, 2.24) is 5.32 Å². The summed E-state index contributed by atoms with van der Waals surface area (Å²) in [6, 6.07) is 0.686. The van der Waals surface area contributed by atoms with Crippen molar-refractivity contribution < 1.29 is 0 Å². The van der Waals surface area contributed by atoms with Crippen LogP contribution in [-0.4, -0.2) is 24.1 Å². The van der Waals surface area contributed by atoms with Gasteiger partial charge < -0.3 is 5.32 Å². The second kappa shape index (κ2) is 13.1. The van der Waals surface area contributed by atoms with Gasteiger partial charge in [-0.2, -0.15) is 11.8 Å². The minimum absolute atomic E-state index is 0.686. The summed E-state index contributed by atoms with van der Waals surface area (Å²) in [6.07, 6.45) is 10.3. The van der Waals surface area contributed by atoms with Crippen molar-refractivity contribution in [1.29, 1.82) is 0 Å². The lowest BCUT2D eigenvalue weighted by atomic mass is 10.1. The van der Waals surface area contributed by atoms with Gasteiger partial charge in [0.2, 0.25) is 0 Å². The molecule has 96 valence electrons. The van der Waals surface area contributed by atoms with E-state index in [-0.39, 0.29) is 0 Å². The topological polar surface area (TPSA) is 12.0 Å². The highest BCUT2D eigenvalue weighted by molar-refractivity contribution is 7.99. The summed E-state index contributed by atoms with van der Waals surface area (Å²) in [7, 11) is 0. The molecule has 0 rings (SSSR count). The Labute approximate surface area is 106 Å². The Hall–Kier alpha value is 0.0500. The zero-order valence-electron chi connectivity index (χ0n) is 11.1. The molecule has 0 aliphatic carbocycles. The zero-order valence-corrected chi connectivity index (χ0v) is 12.0. The monoisotopic (exact) mass is 243 g/mol. The number of unbranched alkanes of at least 4 members (excludes halogenated alkanes) is 4. The molecule has 0 aromatic rings. The molecule has 0 fully saturated rings. The van der Waals surface area contributed by atoms with Crippen LogP contribution in [0.15, 0.2) is 12.7 Å². The maximum absolute atomic E-state index is 3.72. The van der Waals surface area contributed by atoms with Gasteiger partial charge in [-0.15, -0.1) is 6.58 Å². The average Bonchev–Trinajstić information content (AvgIpc) is 2.28. The third-order valence-electron chi connectivity index (χ3n) is 2.72. The van der Waals surface area contributed by atoms with Gasteiger partial charge in [0.15, 0.2) is 0 Å². The number of rotatable bonds is 12. The number of thioether (sulfide) groups is 1. The Balaban J connectivity index is 3.11. The molecule has 1 atom stereocenters. The van der Waals surface area contributed by atoms with Gasteiger partial charge in [-0.1, -0.05) is 45.1 Å². The Morgan fingerprint density at radius 1 is 1.25 bits per heavy atom. The summed E-state index contributed by atoms with van der Waals surface area (Å²) in [6.45, 7) is 9.42. The normalized spacial score (nSPS) is 12.6. The maximum atomic E-state index is 3.72. The summed E-state index contributed by atoms with van der Waals surface area (Å²) in [4.78, 5) is 0. The predicted molar refractivity (Wildman–Crippen MR) is 78.4 cm³/mol. The smallest absolute Gasteiger partial charge is 0.0111 e. The van der Waals surface area contributed by atoms with E-state index in [4.69, 9.17) is 0 Å². The fourth-order valence-corrected chi connectivity index (χ4v) is 2.30. The Morgan fingerprint density at radius 2 is 2.00 bits per heavy atom. The predicted octanol–water partition coefficient (Wildman–Crippen LogP) is 4.24. The summed E-state index contributed by atoms with van der Waals surface area (Å²) in [5.41, 5.74) is 0. The molecule has 0 saturated heterocycles. The van der Waals surface area contributed by atoms with Crippen LogP contribution in [0.2, 0.25) is 0 Å². The molecular formula is C14H29NS. The molecular weight excluding hydrogens is 214 g/mol. The number of nitrogens with one attached hydrogen (secondary N) is 1. The van der Waals surface area contributed by atoms with E-state index in [2.05, 4.69) is 25.7 Å². The van der Waals surface area contributed by atoms with Crippen molar-refractivity contribution in [3.63, 3.8) is 0 Å². The fraction of sp³-hybridized carbons (Fsp3) is 0.857. The fourth-order valence-electron chi connectivity index (χ4n) is 1.70. The molecule has 0 aromatic carbocycles. The third kappa shape index (κ3) is 12.1. The second-order valence-electron chi connectivity index (χ2n) is 4.42. The highest BCUT2D eigenvalue weighted by atomic mass is 32.2. The van der Waals surface area contributed by atoms with Gasteiger partial charge in [0, 0.05) is 24.1 Å². The third-order valence-corrected chi connectivity index (χ3v) is 3.68. The van der Waals surface area contributed by atoms with Crippen LogP contribution in [-0.2, 0) is 0 Å². The minimum atomic E-state index is 0.686. The first-order valence-corrected chi connectivity index (χ1v) is 7.88. The first-order valence-electron chi connectivity index (χ1n) is 6.73. The standard InChI is InChI=1S/C14H29NS/c1-4-6-7-8-9-10-14(3)15-11-13-16-12-5-2/h5,14-15H,2,4,6-13H2,1,3H3. The largest absolute Gasteiger partial charge is 0.313 e. The van der Waals surface area contributed by atoms with Gasteiger partial charge >= 0.3 is 0 Å². The SMILES string of the molecule is C=CCSCCNC(C)CCCCCCC. The molecule has 0 aliphatic heterocycles. The Kier molecular flexibility index (Phi) is 13.2. The Morgan fingerprint density at radius 3 is 2.69 bits per heavy atom. The molecule has 2 heteroatoms. The van der Waals surface area contributed by atoms with Crippen LogP contribution in [0.5, 0.6) is 0 Å². The molecule has 0 saturated carbocycles. The highest BCUT2D eigenvalue weighted by Gasteiger charge is 2.00. The van der Waals surface area contributed by atoms with Crippen molar-refractivity contribution in [2.45, 2.75) is 58.4 Å². The van der Waals surface area contributed by atoms with E-state index in [1.807, 2.05) is 17.8 Å². The molecule has 1 nitrogen and oxygen atoms in total. The molecule has 1 N–H and O–H groups in total. The number of hydrogen-bond acceptors (Lipinski definition) is 2. The lowest BCUT2D eigenvalue weighted by molar-refractivity contribution is 0.493. The zero-order chi connectivity index (χ0) is 12.1. The molecule has 0 aromatic heterocycles. The van der Waals surface area contributed by atoms with E-state index < -0.39 is 0 Å². The van der Waals surface area contributed by atoms with Crippen molar-refractivity contribution in [2.75, 3.05) is 18.1 Å². The number of hydrogen-bond donors (Lipinski definition) is 1. The molecule has 1 unspecified atom stereocenters. The summed E-state index contributed by atoms with van der Waals surface area (Å²) in [5, 5.41) is 3.58. The van der Waals surface area contributed by atoms with Crippen molar-refractivity contribution >= 4 is 11.8 Å². The molecule has 0 amide bonds. The molecule has 0 aliphatic rings. The lowest BCUT2D eigenvalue weighted by Gasteiger charge is -2.13. The van der Waals surface area contributed by atoms with Gasteiger partial charge in [-0.25, -0.2) is 0 Å². The van der Waals surface area contributed by atoms with Crippen molar-refractivity contribution in [3.8, 4) is 0 Å². The summed E-state index contributed by atoms with van der Waals surface area (Å²) in [5.74, 6) is 2.28. The van der Waals surface area contributed by atoms with Crippen LogP contribution >= 0.6 is 11.8 Å².